The van der Waals surface area contributed by atoms with Crippen LogP contribution in [0, 0.1) is 0 Å². The standard InChI is InChI=1S/C21H23N3O3/c1-2-27-15-19-18(13-14-25)20(21(26)22-16-9-5-3-6-10-16)24(23-19)17-11-7-4-8-12-17/h3-12,25H,2,13-15H2,1H3,(H,22,26). The van der Waals surface area contributed by atoms with Crippen molar-refractivity contribution in [1.29, 1.82) is 0 Å². The molecular weight excluding hydrogens is 342 g/mol. The molecule has 0 unspecified atom stereocenters. The molecule has 0 aliphatic carbocycles. The Morgan fingerprint density at radius 2 is 1.78 bits per heavy atom. The number of anilines is 1. The minimum absolute atomic E-state index is 0.0781. The lowest BCUT2D eigenvalue weighted by atomic mass is 10.1. The van der Waals surface area contributed by atoms with Gasteiger partial charge in [-0.05, 0) is 37.6 Å². The van der Waals surface area contributed by atoms with Crippen LogP contribution in [0.5, 0.6) is 0 Å². The molecule has 0 fully saturated rings. The highest BCUT2D eigenvalue weighted by Crippen LogP contribution is 2.22. The van der Waals surface area contributed by atoms with E-state index in [9.17, 15) is 9.90 Å². The third kappa shape index (κ3) is 4.42. The molecule has 1 amide bonds. The Morgan fingerprint density at radius 3 is 2.41 bits per heavy atom. The van der Waals surface area contributed by atoms with Gasteiger partial charge in [-0.15, -0.1) is 0 Å². The minimum atomic E-state index is -0.274. The van der Waals surface area contributed by atoms with Crippen LogP contribution >= 0.6 is 0 Å². The summed E-state index contributed by atoms with van der Waals surface area (Å²) in [7, 11) is 0. The number of nitrogens with zero attached hydrogens (tertiary/aromatic N) is 2. The summed E-state index contributed by atoms with van der Waals surface area (Å²) in [6.07, 6.45) is 0.326. The van der Waals surface area contributed by atoms with Crippen molar-refractivity contribution in [3.63, 3.8) is 0 Å². The number of aromatic nitrogens is 2. The van der Waals surface area contributed by atoms with E-state index in [1.54, 1.807) is 4.68 Å². The second-order valence-electron chi connectivity index (χ2n) is 5.95. The van der Waals surface area contributed by atoms with E-state index in [-0.39, 0.29) is 19.1 Å². The molecule has 27 heavy (non-hydrogen) atoms. The van der Waals surface area contributed by atoms with Gasteiger partial charge < -0.3 is 15.2 Å². The maximum absolute atomic E-state index is 13.1. The van der Waals surface area contributed by atoms with Crippen LogP contribution in [0.25, 0.3) is 5.69 Å². The molecule has 0 saturated carbocycles. The number of hydrogen-bond donors (Lipinski definition) is 2. The summed E-state index contributed by atoms with van der Waals surface area (Å²) in [5.74, 6) is -0.274. The van der Waals surface area contributed by atoms with E-state index in [1.807, 2.05) is 67.6 Å². The van der Waals surface area contributed by atoms with E-state index < -0.39 is 0 Å². The van der Waals surface area contributed by atoms with Crippen LogP contribution in [0.4, 0.5) is 5.69 Å². The fourth-order valence-electron chi connectivity index (χ4n) is 2.89. The first-order chi connectivity index (χ1) is 13.2. The first-order valence-corrected chi connectivity index (χ1v) is 8.95. The topological polar surface area (TPSA) is 76.4 Å². The number of nitrogens with one attached hydrogen (secondary N) is 1. The molecule has 2 N–H and O–H groups in total. The third-order valence-corrected chi connectivity index (χ3v) is 4.12. The van der Waals surface area contributed by atoms with Crippen LogP contribution in [0.3, 0.4) is 0 Å². The van der Waals surface area contributed by atoms with E-state index in [2.05, 4.69) is 10.4 Å². The van der Waals surface area contributed by atoms with Gasteiger partial charge in [0.2, 0.25) is 0 Å². The van der Waals surface area contributed by atoms with Gasteiger partial charge in [-0.3, -0.25) is 4.79 Å². The molecule has 0 saturated heterocycles. The molecular formula is C21H23N3O3. The predicted octanol–water partition coefficient (Wildman–Crippen LogP) is 3.20. The van der Waals surface area contributed by atoms with E-state index in [0.29, 0.717) is 35.7 Å². The molecule has 3 rings (SSSR count). The van der Waals surface area contributed by atoms with Gasteiger partial charge >= 0.3 is 0 Å². The number of aliphatic hydroxyl groups is 1. The number of benzene rings is 2. The van der Waals surface area contributed by atoms with E-state index in [0.717, 1.165) is 5.69 Å². The molecule has 2 aromatic carbocycles. The number of carbonyl (C=O) groups is 1. The van der Waals surface area contributed by atoms with Crippen LogP contribution in [0.2, 0.25) is 0 Å². The second kappa shape index (κ2) is 9.12. The Bertz CT molecular complexity index is 876. The van der Waals surface area contributed by atoms with E-state index in [4.69, 9.17) is 4.74 Å². The van der Waals surface area contributed by atoms with Crippen molar-refractivity contribution in [2.75, 3.05) is 18.5 Å². The molecule has 0 bridgehead atoms. The lowest BCUT2D eigenvalue weighted by Crippen LogP contribution is -2.19. The summed E-state index contributed by atoms with van der Waals surface area (Å²) in [4.78, 5) is 13.1. The van der Waals surface area contributed by atoms with Gasteiger partial charge in [0.1, 0.15) is 5.69 Å². The lowest BCUT2D eigenvalue weighted by Gasteiger charge is -2.10. The Hall–Kier alpha value is -2.96. The molecule has 1 heterocycles. The van der Waals surface area contributed by atoms with Crippen LogP contribution in [-0.2, 0) is 17.8 Å². The highest BCUT2D eigenvalue weighted by atomic mass is 16.5. The molecule has 0 spiro atoms. The molecule has 0 atom stereocenters. The Labute approximate surface area is 158 Å². The third-order valence-electron chi connectivity index (χ3n) is 4.12. The molecule has 140 valence electrons. The fraction of sp³-hybridized carbons (Fsp3) is 0.238. The summed E-state index contributed by atoms with van der Waals surface area (Å²) in [5.41, 5.74) is 3.24. The molecule has 1 aromatic heterocycles. The number of hydrogen-bond acceptors (Lipinski definition) is 4. The average Bonchev–Trinajstić information content (AvgIpc) is 3.06. The molecule has 0 radical (unpaired) electrons. The van der Waals surface area contributed by atoms with Crippen molar-refractivity contribution in [3.8, 4) is 5.69 Å². The normalized spacial score (nSPS) is 10.7. The largest absolute Gasteiger partial charge is 0.396 e. The number of carbonyl (C=O) groups excluding carboxylic acids is 1. The first kappa shape index (κ1) is 18.8. The van der Waals surface area contributed by atoms with Gasteiger partial charge in [-0.2, -0.15) is 5.10 Å². The maximum Gasteiger partial charge on any atom is 0.274 e. The first-order valence-electron chi connectivity index (χ1n) is 8.95. The zero-order valence-electron chi connectivity index (χ0n) is 15.3. The summed E-state index contributed by atoms with van der Waals surface area (Å²) < 4.78 is 7.14. The van der Waals surface area contributed by atoms with Crippen molar-refractivity contribution in [2.24, 2.45) is 0 Å². The minimum Gasteiger partial charge on any atom is -0.396 e. The number of ether oxygens (including phenoxy) is 1. The van der Waals surface area contributed by atoms with E-state index in [1.165, 1.54) is 0 Å². The molecule has 6 heteroatoms. The van der Waals surface area contributed by atoms with Crippen molar-refractivity contribution < 1.29 is 14.6 Å². The SMILES string of the molecule is CCOCc1nn(-c2ccccc2)c(C(=O)Nc2ccccc2)c1CCO. The molecule has 0 aliphatic rings. The molecule has 6 nitrogen and oxygen atoms in total. The fourth-order valence-corrected chi connectivity index (χ4v) is 2.89. The average molecular weight is 365 g/mol. The molecule has 0 aliphatic heterocycles. The number of para-hydroxylation sites is 2. The van der Waals surface area contributed by atoms with Gasteiger partial charge in [-0.1, -0.05) is 36.4 Å². The summed E-state index contributed by atoms with van der Waals surface area (Å²) in [6.45, 7) is 2.66. The monoisotopic (exact) mass is 365 g/mol. The van der Waals surface area contributed by atoms with E-state index >= 15 is 0 Å². The zero-order chi connectivity index (χ0) is 19.1. The van der Waals surface area contributed by atoms with Gasteiger partial charge in [0.25, 0.3) is 5.91 Å². The Morgan fingerprint density at radius 1 is 1.11 bits per heavy atom. The Kier molecular flexibility index (Phi) is 6.35. The second-order valence-corrected chi connectivity index (χ2v) is 5.95. The van der Waals surface area contributed by atoms with Crippen molar-refractivity contribution >= 4 is 11.6 Å². The number of rotatable bonds is 8. The smallest absolute Gasteiger partial charge is 0.274 e. The number of amides is 1. The maximum atomic E-state index is 13.1. The van der Waals surface area contributed by atoms with Gasteiger partial charge in [0.05, 0.1) is 18.0 Å². The van der Waals surface area contributed by atoms with Crippen LogP contribution < -0.4 is 5.32 Å². The number of aliphatic hydroxyl groups excluding tert-OH is 1. The van der Waals surface area contributed by atoms with Crippen molar-refractivity contribution in [2.45, 2.75) is 20.0 Å². The summed E-state index contributed by atoms with van der Waals surface area (Å²) in [6, 6.07) is 18.7. The lowest BCUT2D eigenvalue weighted by molar-refractivity contribution is 0.101. The zero-order valence-corrected chi connectivity index (χ0v) is 15.3. The summed E-state index contributed by atoms with van der Waals surface area (Å²) >= 11 is 0. The molecule has 3 aromatic rings. The van der Waals surface area contributed by atoms with Crippen LogP contribution in [0.15, 0.2) is 60.7 Å². The van der Waals surface area contributed by atoms with Crippen molar-refractivity contribution in [1.82, 2.24) is 9.78 Å². The van der Waals surface area contributed by atoms with Gasteiger partial charge in [0.15, 0.2) is 0 Å². The highest BCUT2D eigenvalue weighted by Gasteiger charge is 2.24. The highest BCUT2D eigenvalue weighted by molar-refractivity contribution is 6.04. The van der Waals surface area contributed by atoms with Crippen LogP contribution in [-0.4, -0.2) is 34.0 Å². The summed E-state index contributed by atoms with van der Waals surface area (Å²) in [5, 5.41) is 17.1. The van der Waals surface area contributed by atoms with Gasteiger partial charge in [-0.25, -0.2) is 4.68 Å². The quantitative estimate of drug-likeness (QED) is 0.643. The Balaban J connectivity index is 2.07. The predicted molar refractivity (Wildman–Crippen MR) is 104 cm³/mol. The van der Waals surface area contributed by atoms with Crippen LogP contribution in [0.1, 0.15) is 28.7 Å². The van der Waals surface area contributed by atoms with Crippen molar-refractivity contribution in [3.05, 3.63) is 77.6 Å². The van der Waals surface area contributed by atoms with Gasteiger partial charge in [0, 0.05) is 24.5 Å².